The first-order chi connectivity index (χ1) is 5.68. The van der Waals surface area contributed by atoms with Crippen molar-refractivity contribution in [2.75, 3.05) is 0 Å². The van der Waals surface area contributed by atoms with Crippen LogP contribution < -0.4 is 5.73 Å². The first kappa shape index (κ1) is 7.71. The van der Waals surface area contributed by atoms with Gasteiger partial charge >= 0.3 is 0 Å². The average Bonchev–Trinajstić information content (AvgIpc) is 2.28. The lowest BCUT2D eigenvalue weighted by molar-refractivity contribution is 0.159. The zero-order valence-electron chi connectivity index (χ0n) is 6.50. The average molecular weight is 167 g/mol. The van der Waals surface area contributed by atoms with E-state index in [1.807, 2.05) is 0 Å². The highest BCUT2D eigenvalue weighted by molar-refractivity contribution is 5.36. The summed E-state index contributed by atoms with van der Waals surface area (Å²) in [5.41, 5.74) is 7.20. The van der Waals surface area contributed by atoms with Crippen molar-refractivity contribution in [3.8, 4) is 0 Å². The molecule has 0 heterocycles. The molecule has 0 aliphatic heterocycles. The Labute approximate surface area is 69.8 Å². The Morgan fingerprint density at radius 3 is 3.00 bits per heavy atom. The zero-order valence-corrected chi connectivity index (χ0v) is 6.50. The summed E-state index contributed by atoms with van der Waals surface area (Å²) in [4.78, 5) is 0. The summed E-state index contributed by atoms with van der Waals surface area (Å²) < 4.78 is 12.7. The fraction of sp³-hybridized carbons (Fsp3) is 0.333. The Kier molecular flexibility index (Phi) is 1.63. The van der Waals surface area contributed by atoms with Crippen LogP contribution in [0.5, 0.6) is 0 Å². The summed E-state index contributed by atoms with van der Waals surface area (Å²) in [7, 11) is 0. The zero-order chi connectivity index (χ0) is 8.72. The Morgan fingerprint density at radius 2 is 2.25 bits per heavy atom. The number of fused-ring (bicyclic) bond motifs is 1. The molecule has 1 aromatic rings. The van der Waals surface area contributed by atoms with Crippen LogP contribution in [-0.4, -0.2) is 11.1 Å². The van der Waals surface area contributed by atoms with Gasteiger partial charge in [-0.05, 0) is 29.7 Å². The molecule has 2 atom stereocenters. The number of hydrogen-bond donors (Lipinski definition) is 2. The van der Waals surface area contributed by atoms with Crippen molar-refractivity contribution in [1.82, 2.24) is 0 Å². The normalized spacial score (nSPS) is 27.2. The quantitative estimate of drug-likeness (QED) is 0.598. The third-order valence-corrected chi connectivity index (χ3v) is 2.28. The molecular formula is C9H10FNO. The molecule has 0 saturated carbocycles. The first-order valence-corrected chi connectivity index (χ1v) is 3.90. The van der Waals surface area contributed by atoms with Gasteiger partial charge in [0.2, 0.25) is 0 Å². The van der Waals surface area contributed by atoms with Gasteiger partial charge in [-0.1, -0.05) is 6.07 Å². The molecule has 1 aliphatic rings. The van der Waals surface area contributed by atoms with E-state index in [2.05, 4.69) is 0 Å². The van der Waals surface area contributed by atoms with E-state index in [1.165, 1.54) is 12.1 Å². The molecule has 12 heavy (non-hydrogen) atoms. The summed E-state index contributed by atoms with van der Waals surface area (Å²) in [6.45, 7) is 0. The third kappa shape index (κ3) is 1.02. The highest BCUT2D eigenvalue weighted by Crippen LogP contribution is 2.30. The minimum atomic E-state index is -0.624. The molecule has 0 spiro atoms. The summed E-state index contributed by atoms with van der Waals surface area (Å²) in [5.74, 6) is -0.268. The largest absolute Gasteiger partial charge is 0.387 e. The predicted octanol–water partition coefficient (Wildman–Crippen LogP) is 0.743. The van der Waals surface area contributed by atoms with Gasteiger partial charge in [0.15, 0.2) is 0 Å². The molecule has 2 nitrogen and oxygen atoms in total. The van der Waals surface area contributed by atoms with Gasteiger partial charge in [0.1, 0.15) is 5.82 Å². The molecule has 64 valence electrons. The summed E-state index contributed by atoms with van der Waals surface area (Å²) >= 11 is 0. The maximum atomic E-state index is 12.7. The van der Waals surface area contributed by atoms with Crippen LogP contribution in [0, 0.1) is 5.82 Å². The van der Waals surface area contributed by atoms with E-state index in [0.29, 0.717) is 6.42 Å². The van der Waals surface area contributed by atoms with Gasteiger partial charge in [-0.15, -0.1) is 0 Å². The van der Waals surface area contributed by atoms with Crippen LogP contribution in [0.4, 0.5) is 4.39 Å². The van der Waals surface area contributed by atoms with Crippen molar-refractivity contribution >= 4 is 0 Å². The molecule has 0 aromatic heterocycles. The van der Waals surface area contributed by atoms with E-state index in [0.717, 1.165) is 11.1 Å². The SMILES string of the molecule is N[C@H]1Cc2cc(F)ccc2[C@H]1O. The van der Waals surface area contributed by atoms with Crippen LogP contribution in [0.1, 0.15) is 17.2 Å². The maximum absolute atomic E-state index is 12.7. The standard InChI is InChI=1S/C9H10FNO/c10-6-1-2-7-5(3-6)4-8(11)9(7)12/h1-3,8-9,12H,4,11H2/t8-,9+/m0/s1. The van der Waals surface area contributed by atoms with Gasteiger partial charge in [0.25, 0.3) is 0 Å². The molecule has 3 heteroatoms. The summed E-state index contributed by atoms with van der Waals surface area (Å²) in [6.07, 6.45) is -0.0607. The predicted molar refractivity (Wildman–Crippen MR) is 43.0 cm³/mol. The lowest BCUT2D eigenvalue weighted by atomic mass is 10.1. The first-order valence-electron chi connectivity index (χ1n) is 3.90. The fourth-order valence-electron chi connectivity index (χ4n) is 1.64. The maximum Gasteiger partial charge on any atom is 0.123 e. The molecule has 0 unspecified atom stereocenters. The molecule has 3 N–H and O–H groups in total. The van der Waals surface area contributed by atoms with Crippen LogP contribution >= 0.6 is 0 Å². The van der Waals surface area contributed by atoms with Crippen LogP contribution in [-0.2, 0) is 6.42 Å². The molecule has 2 rings (SSSR count). The van der Waals surface area contributed by atoms with Gasteiger partial charge < -0.3 is 10.8 Å². The molecule has 0 fully saturated rings. The van der Waals surface area contributed by atoms with Gasteiger partial charge in [0.05, 0.1) is 6.10 Å². The van der Waals surface area contributed by atoms with E-state index in [4.69, 9.17) is 5.73 Å². The van der Waals surface area contributed by atoms with Crippen molar-refractivity contribution in [3.05, 3.63) is 35.1 Å². The summed E-state index contributed by atoms with van der Waals surface area (Å²) in [5, 5.41) is 9.49. The molecule has 0 radical (unpaired) electrons. The Bertz CT molecular complexity index is 313. The van der Waals surface area contributed by atoms with Crippen LogP contribution in [0.2, 0.25) is 0 Å². The Morgan fingerprint density at radius 1 is 1.50 bits per heavy atom. The van der Waals surface area contributed by atoms with Crippen LogP contribution in [0.15, 0.2) is 18.2 Å². The minimum absolute atomic E-state index is 0.268. The van der Waals surface area contributed by atoms with Gasteiger partial charge in [0, 0.05) is 6.04 Å². The van der Waals surface area contributed by atoms with Gasteiger partial charge in [-0.2, -0.15) is 0 Å². The smallest absolute Gasteiger partial charge is 0.123 e. The van der Waals surface area contributed by atoms with Crippen molar-refractivity contribution in [2.45, 2.75) is 18.6 Å². The lowest BCUT2D eigenvalue weighted by Crippen LogP contribution is -2.24. The minimum Gasteiger partial charge on any atom is -0.387 e. The molecule has 0 saturated heterocycles. The number of benzene rings is 1. The molecule has 0 bridgehead atoms. The van der Waals surface area contributed by atoms with Crippen molar-refractivity contribution in [3.63, 3.8) is 0 Å². The highest BCUT2D eigenvalue weighted by atomic mass is 19.1. The van der Waals surface area contributed by atoms with Gasteiger partial charge in [-0.3, -0.25) is 0 Å². The van der Waals surface area contributed by atoms with Crippen molar-refractivity contribution in [2.24, 2.45) is 5.73 Å². The van der Waals surface area contributed by atoms with E-state index in [9.17, 15) is 9.50 Å². The van der Waals surface area contributed by atoms with Crippen molar-refractivity contribution in [1.29, 1.82) is 0 Å². The van der Waals surface area contributed by atoms with E-state index < -0.39 is 6.10 Å². The second kappa shape index (κ2) is 2.54. The van der Waals surface area contributed by atoms with Gasteiger partial charge in [-0.25, -0.2) is 4.39 Å². The molecular weight excluding hydrogens is 157 g/mol. The fourth-order valence-corrected chi connectivity index (χ4v) is 1.64. The number of halogens is 1. The summed E-state index contributed by atoms with van der Waals surface area (Å²) in [6, 6.07) is 4.11. The third-order valence-electron chi connectivity index (χ3n) is 2.28. The van der Waals surface area contributed by atoms with Crippen LogP contribution in [0.25, 0.3) is 0 Å². The monoisotopic (exact) mass is 167 g/mol. The number of aliphatic hydroxyl groups is 1. The molecule has 1 aliphatic carbocycles. The molecule has 1 aromatic carbocycles. The van der Waals surface area contributed by atoms with E-state index in [1.54, 1.807) is 6.07 Å². The number of rotatable bonds is 0. The van der Waals surface area contributed by atoms with Crippen LogP contribution in [0.3, 0.4) is 0 Å². The Balaban J connectivity index is 2.47. The number of aliphatic hydroxyl groups excluding tert-OH is 1. The number of nitrogens with two attached hydrogens (primary N) is 1. The van der Waals surface area contributed by atoms with Crippen molar-refractivity contribution < 1.29 is 9.50 Å². The van der Waals surface area contributed by atoms with E-state index >= 15 is 0 Å². The molecule has 0 amide bonds. The van der Waals surface area contributed by atoms with E-state index in [-0.39, 0.29) is 11.9 Å². The second-order valence-electron chi connectivity index (χ2n) is 3.16. The Hall–Kier alpha value is -0.930. The highest BCUT2D eigenvalue weighted by Gasteiger charge is 2.27. The number of hydrogen-bond acceptors (Lipinski definition) is 2. The topological polar surface area (TPSA) is 46.2 Å². The lowest BCUT2D eigenvalue weighted by Gasteiger charge is -2.07. The second-order valence-corrected chi connectivity index (χ2v) is 3.16.